The summed E-state index contributed by atoms with van der Waals surface area (Å²) < 4.78 is 0. The van der Waals surface area contributed by atoms with Crippen molar-refractivity contribution in [3.05, 3.63) is 0 Å². The minimum absolute atomic E-state index is 0.776. The normalized spacial score (nSPS) is 31.4. The van der Waals surface area contributed by atoms with E-state index in [9.17, 15) is 0 Å². The number of likely N-dealkylation sites (N-methyl/N-ethyl adjacent to an activating group) is 1. The number of nitrogens with zero attached hydrogens (tertiary/aromatic N) is 2. The summed E-state index contributed by atoms with van der Waals surface area (Å²) in [6, 6.07) is 1.63. The van der Waals surface area contributed by atoms with Crippen LogP contribution in [0.25, 0.3) is 0 Å². The first-order chi connectivity index (χ1) is 7.31. The average molecular weight is 211 g/mol. The summed E-state index contributed by atoms with van der Waals surface area (Å²) in [5, 5.41) is 3.73. The third-order valence-electron chi connectivity index (χ3n) is 4.05. The van der Waals surface area contributed by atoms with Crippen molar-refractivity contribution in [2.75, 3.05) is 39.8 Å². The standard InChI is InChI=1S/C12H25N3/c1-3-14(2)10-7-13-11-6-9-15-8-4-5-12(11)15/h11-13H,3-10H2,1-2H3. The van der Waals surface area contributed by atoms with Gasteiger partial charge in [-0.3, -0.25) is 4.90 Å². The first kappa shape index (κ1) is 11.4. The quantitative estimate of drug-likeness (QED) is 0.724. The molecule has 0 saturated carbocycles. The number of rotatable bonds is 5. The predicted octanol–water partition coefficient (Wildman–Crippen LogP) is 0.764. The molecule has 2 aliphatic heterocycles. The lowest BCUT2D eigenvalue weighted by atomic mass is 10.1. The molecule has 0 aromatic carbocycles. The Morgan fingerprint density at radius 2 is 2.20 bits per heavy atom. The van der Waals surface area contributed by atoms with E-state index in [0.717, 1.165) is 25.2 Å². The van der Waals surface area contributed by atoms with Crippen LogP contribution in [-0.2, 0) is 0 Å². The van der Waals surface area contributed by atoms with Gasteiger partial charge in [0.2, 0.25) is 0 Å². The topological polar surface area (TPSA) is 18.5 Å². The summed E-state index contributed by atoms with van der Waals surface area (Å²) in [5.41, 5.74) is 0. The summed E-state index contributed by atoms with van der Waals surface area (Å²) in [7, 11) is 2.19. The molecule has 1 N–H and O–H groups in total. The molecule has 2 saturated heterocycles. The van der Waals surface area contributed by atoms with Crippen molar-refractivity contribution in [3.8, 4) is 0 Å². The van der Waals surface area contributed by atoms with Gasteiger partial charge in [0.05, 0.1) is 0 Å². The molecular weight excluding hydrogens is 186 g/mol. The number of hydrogen-bond acceptors (Lipinski definition) is 3. The molecule has 2 aliphatic rings. The zero-order valence-corrected chi connectivity index (χ0v) is 10.2. The first-order valence-electron chi connectivity index (χ1n) is 6.47. The van der Waals surface area contributed by atoms with Crippen LogP contribution in [0.4, 0.5) is 0 Å². The molecule has 3 nitrogen and oxygen atoms in total. The fourth-order valence-electron chi connectivity index (χ4n) is 2.92. The summed E-state index contributed by atoms with van der Waals surface area (Å²) in [6.45, 7) is 8.37. The van der Waals surface area contributed by atoms with Gasteiger partial charge in [0.15, 0.2) is 0 Å². The van der Waals surface area contributed by atoms with Gasteiger partial charge in [0.1, 0.15) is 0 Å². The fourth-order valence-corrected chi connectivity index (χ4v) is 2.92. The largest absolute Gasteiger partial charge is 0.311 e. The van der Waals surface area contributed by atoms with Crippen molar-refractivity contribution in [1.82, 2.24) is 15.1 Å². The molecule has 0 aromatic heterocycles. The highest BCUT2D eigenvalue weighted by molar-refractivity contribution is 4.95. The highest BCUT2D eigenvalue weighted by Crippen LogP contribution is 2.27. The van der Waals surface area contributed by atoms with Crippen LogP contribution in [0, 0.1) is 0 Å². The van der Waals surface area contributed by atoms with E-state index in [1.54, 1.807) is 0 Å². The maximum absolute atomic E-state index is 3.73. The van der Waals surface area contributed by atoms with Crippen LogP contribution in [0.3, 0.4) is 0 Å². The van der Waals surface area contributed by atoms with Crippen molar-refractivity contribution >= 4 is 0 Å². The Kier molecular flexibility index (Phi) is 4.00. The van der Waals surface area contributed by atoms with Gasteiger partial charge in [0.25, 0.3) is 0 Å². The van der Waals surface area contributed by atoms with E-state index in [0.29, 0.717) is 0 Å². The Labute approximate surface area is 93.8 Å². The minimum Gasteiger partial charge on any atom is -0.311 e. The van der Waals surface area contributed by atoms with Gasteiger partial charge in [-0.15, -0.1) is 0 Å². The molecule has 88 valence electrons. The molecule has 2 unspecified atom stereocenters. The third-order valence-corrected chi connectivity index (χ3v) is 4.05. The number of fused-ring (bicyclic) bond motifs is 1. The van der Waals surface area contributed by atoms with Crippen molar-refractivity contribution < 1.29 is 0 Å². The molecule has 3 heteroatoms. The molecule has 2 fully saturated rings. The molecule has 2 rings (SSSR count). The van der Waals surface area contributed by atoms with Crippen LogP contribution in [0.1, 0.15) is 26.2 Å². The van der Waals surface area contributed by atoms with Gasteiger partial charge in [0, 0.05) is 31.7 Å². The van der Waals surface area contributed by atoms with Crippen LogP contribution < -0.4 is 5.32 Å². The van der Waals surface area contributed by atoms with Gasteiger partial charge in [-0.2, -0.15) is 0 Å². The zero-order chi connectivity index (χ0) is 10.7. The summed E-state index contributed by atoms with van der Waals surface area (Å²) >= 11 is 0. The lowest BCUT2D eigenvalue weighted by Gasteiger charge is -2.22. The molecule has 2 heterocycles. The van der Waals surface area contributed by atoms with Gasteiger partial charge in [-0.25, -0.2) is 0 Å². The van der Waals surface area contributed by atoms with Crippen LogP contribution in [0.15, 0.2) is 0 Å². The average Bonchev–Trinajstić information content (AvgIpc) is 2.81. The molecule has 0 radical (unpaired) electrons. The lowest BCUT2D eigenvalue weighted by molar-refractivity contribution is 0.288. The molecular formula is C12H25N3. The Morgan fingerprint density at radius 3 is 3.00 bits per heavy atom. The molecule has 0 aliphatic carbocycles. The molecule has 0 amide bonds. The highest BCUT2D eigenvalue weighted by Gasteiger charge is 2.36. The van der Waals surface area contributed by atoms with Gasteiger partial charge in [-0.1, -0.05) is 6.92 Å². The minimum atomic E-state index is 0.776. The second kappa shape index (κ2) is 5.28. The first-order valence-corrected chi connectivity index (χ1v) is 6.47. The summed E-state index contributed by atoms with van der Waals surface area (Å²) in [4.78, 5) is 5.04. The number of hydrogen-bond donors (Lipinski definition) is 1. The highest BCUT2D eigenvalue weighted by atomic mass is 15.2. The van der Waals surface area contributed by atoms with Crippen molar-refractivity contribution in [2.45, 2.75) is 38.3 Å². The molecule has 15 heavy (non-hydrogen) atoms. The lowest BCUT2D eigenvalue weighted by Crippen LogP contribution is -2.42. The van der Waals surface area contributed by atoms with Crippen LogP contribution in [0.5, 0.6) is 0 Å². The van der Waals surface area contributed by atoms with E-state index >= 15 is 0 Å². The molecule has 0 spiro atoms. The fraction of sp³-hybridized carbons (Fsp3) is 1.00. The van der Waals surface area contributed by atoms with Crippen LogP contribution in [0.2, 0.25) is 0 Å². The number of nitrogens with one attached hydrogen (secondary N) is 1. The van der Waals surface area contributed by atoms with E-state index in [4.69, 9.17) is 0 Å². The van der Waals surface area contributed by atoms with Gasteiger partial charge < -0.3 is 10.2 Å². The SMILES string of the molecule is CCN(C)CCNC1CCN2CCCC12. The zero-order valence-electron chi connectivity index (χ0n) is 10.2. The predicted molar refractivity (Wildman–Crippen MR) is 64.2 cm³/mol. The maximum Gasteiger partial charge on any atom is 0.0250 e. The Hall–Kier alpha value is -0.120. The second-order valence-corrected chi connectivity index (χ2v) is 4.99. The summed E-state index contributed by atoms with van der Waals surface area (Å²) in [5.74, 6) is 0. The molecule has 2 atom stereocenters. The van der Waals surface area contributed by atoms with Gasteiger partial charge in [-0.05, 0) is 39.4 Å². The van der Waals surface area contributed by atoms with Gasteiger partial charge >= 0.3 is 0 Å². The van der Waals surface area contributed by atoms with Crippen molar-refractivity contribution in [3.63, 3.8) is 0 Å². The third kappa shape index (κ3) is 2.71. The Bertz CT molecular complexity index is 195. The Morgan fingerprint density at radius 1 is 1.33 bits per heavy atom. The Balaban J connectivity index is 1.67. The van der Waals surface area contributed by atoms with Crippen LogP contribution in [-0.4, -0.2) is 61.7 Å². The van der Waals surface area contributed by atoms with Crippen LogP contribution >= 0.6 is 0 Å². The molecule has 0 bridgehead atoms. The van der Waals surface area contributed by atoms with Crippen molar-refractivity contribution in [1.29, 1.82) is 0 Å². The van der Waals surface area contributed by atoms with E-state index in [-0.39, 0.29) is 0 Å². The maximum atomic E-state index is 3.73. The second-order valence-electron chi connectivity index (χ2n) is 4.99. The molecule has 0 aromatic rings. The monoisotopic (exact) mass is 211 g/mol. The van der Waals surface area contributed by atoms with E-state index < -0.39 is 0 Å². The van der Waals surface area contributed by atoms with Crippen molar-refractivity contribution in [2.24, 2.45) is 0 Å². The van der Waals surface area contributed by atoms with E-state index in [2.05, 4.69) is 29.1 Å². The smallest absolute Gasteiger partial charge is 0.0250 e. The van der Waals surface area contributed by atoms with E-state index in [1.807, 2.05) is 0 Å². The summed E-state index contributed by atoms with van der Waals surface area (Å²) in [6.07, 6.45) is 4.19. The van der Waals surface area contributed by atoms with E-state index in [1.165, 1.54) is 38.9 Å².